The lowest BCUT2D eigenvalue weighted by molar-refractivity contribution is -0.122. The van der Waals surface area contributed by atoms with Gasteiger partial charge in [-0.2, -0.15) is 0 Å². The van der Waals surface area contributed by atoms with Gasteiger partial charge in [-0.05, 0) is 43.9 Å². The highest BCUT2D eigenvalue weighted by Gasteiger charge is 2.42. The largest absolute Gasteiger partial charge is 0.353 e. The van der Waals surface area contributed by atoms with Crippen LogP contribution < -0.4 is 16.6 Å². The second kappa shape index (κ2) is 6.10. The first kappa shape index (κ1) is 15.1. The van der Waals surface area contributed by atoms with Gasteiger partial charge >= 0.3 is 5.69 Å². The fourth-order valence-electron chi connectivity index (χ4n) is 4.18. The first-order valence-corrected chi connectivity index (χ1v) is 8.12. The zero-order valence-electron chi connectivity index (χ0n) is 12.9. The molecule has 6 heteroatoms. The molecular formula is C16H23N3O3. The van der Waals surface area contributed by atoms with Crippen LogP contribution >= 0.6 is 0 Å². The summed E-state index contributed by atoms with van der Waals surface area (Å²) in [5.41, 5.74) is -0.892. The lowest BCUT2D eigenvalue weighted by atomic mass is 9.84. The van der Waals surface area contributed by atoms with E-state index in [1.165, 1.54) is 42.5 Å². The number of nitrogens with zero attached hydrogens (tertiary/aromatic N) is 1. The third-order valence-corrected chi connectivity index (χ3v) is 5.30. The first-order chi connectivity index (χ1) is 10.5. The Kier molecular flexibility index (Phi) is 4.18. The van der Waals surface area contributed by atoms with Gasteiger partial charge in [-0.25, -0.2) is 4.79 Å². The SMILES string of the molecule is C[C@@H](NC(=O)CCn1ccc(=O)[nH]c1=O)[C@H]1C[C@H]2CC[C@H]1C2. The number of carbonyl (C=O) groups excluding carboxylic acids is 1. The summed E-state index contributed by atoms with van der Waals surface area (Å²) < 4.78 is 1.35. The fraction of sp³-hybridized carbons (Fsp3) is 0.688. The maximum Gasteiger partial charge on any atom is 0.328 e. The van der Waals surface area contributed by atoms with E-state index in [0.717, 1.165) is 11.8 Å². The molecule has 22 heavy (non-hydrogen) atoms. The van der Waals surface area contributed by atoms with Gasteiger partial charge < -0.3 is 9.88 Å². The number of aromatic amines is 1. The summed E-state index contributed by atoms with van der Waals surface area (Å²) in [6.45, 7) is 2.38. The van der Waals surface area contributed by atoms with Crippen molar-refractivity contribution < 1.29 is 4.79 Å². The molecule has 4 atom stereocenters. The summed E-state index contributed by atoms with van der Waals surface area (Å²) in [6.07, 6.45) is 6.91. The van der Waals surface area contributed by atoms with Crippen molar-refractivity contribution in [3.8, 4) is 0 Å². The van der Waals surface area contributed by atoms with Crippen LogP contribution in [0.1, 0.15) is 39.0 Å². The molecule has 2 bridgehead atoms. The maximum atomic E-state index is 12.1. The van der Waals surface area contributed by atoms with Crippen LogP contribution in [0, 0.1) is 17.8 Å². The molecule has 1 amide bonds. The van der Waals surface area contributed by atoms with Crippen LogP contribution in [0.25, 0.3) is 0 Å². The number of hydrogen-bond acceptors (Lipinski definition) is 3. The highest BCUT2D eigenvalue weighted by Crippen LogP contribution is 2.49. The van der Waals surface area contributed by atoms with Gasteiger partial charge in [0.1, 0.15) is 0 Å². The molecular weight excluding hydrogens is 282 g/mol. The second-order valence-corrected chi connectivity index (χ2v) is 6.75. The van der Waals surface area contributed by atoms with Crippen LogP contribution in [0.3, 0.4) is 0 Å². The van der Waals surface area contributed by atoms with E-state index >= 15 is 0 Å². The van der Waals surface area contributed by atoms with E-state index in [-0.39, 0.29) is 24.9 Å². The summed E-state index contributed by atoms with van der Waals surface area (Å²) in [7, 11) is 0. The van der Waals surface area contributed by atoms with Gasteiger partial charge in [0.05, 0.1) is 0 Å². The number of aryl methyl sites for hydroxylation is 1. The molecule has 120 valence electrons. The van der Waals surface area contributed by atoms with E-state index in [1.54, 1.807) is 0 Å². The van der Waals surface area contributed by atoms with Crippen LogP contribution in [-0.2, 0) is 11.3 Å². The Morgan fingerprint density at radius 3 is 2.86 bits per heavy atom. The molecule has 0 saturated heterocycles. The summed E-state index contributed by atoms with van der Waals surface area (Å²) in [4.78, 5) is 36.8. The lowest BCUT2D eigenvalue weighted by Crippen LogP contribution is -2.40. The van der Waals surface area contributed by atoms with Crippen LogP contribution in [0.4, 0.5) is 0 Å². The molecule has 2 aliphatic rings. The Bertz CT molecular complexity index is 663. The van der Waals surface area contributed by atoms with Crippen molar-refractivity contribution in [2.45, 2.75) is 51.6 Å². The van der Waals surface area contributed by atoms with E-state index in [4.69, 9.17) is 0 Å². The molecule has 1 aromatic rings. The second-order valence-electron chi connectivity index (χ2n) is 6.75. The molecule has 6 nitrogen and oxygen atoms in total. The molecule has 0 aliphatic heterocycles. The Morgan fingerprint density at radius 2 is 2.23 bits per heavy atom. The molecule has 2 fully saturated rings. The smallest absolute Gasteiger partial charge is 0.328 e. The number of H-pyrrole nitrogens is 1. The Morgan fingerprint density at radius 1 is 1.41 bits per heavy atom. The number of aromatic nitrogens is 2. The van der Waals surface area contributed by atoms with Crippen molar-refractivity contribution in [1.29, 1.82) is 0 Å². The summed E-state index contributed by atoms with van der Waals surface area (Å²) in [6, 6.07) is 1.49. The summed E-state index contributed by atoms with van der Waals surface area (Å²) >= 11 is 0. The topological polar surface area (TPSA) is 84.0 Å². The Balaban J connectivity index is 1.50. The molecule has 1 aromatic heterocycles. The van der Waals surface area contributed by atoms with Gasteiger partial charge in [0.2, 0.25) is 5.91 Å². The van der Waals surface area contributed by atoms with Gasteiger partial charge in [0, 0.05) is 31.3 Å². The monoisotopic (exact) mass is 305 g/mol. The van der Waals surface area contributed by atoms with E-state index in [0.29, 0.717) is 5.92 Å². The Labute approximate surface area is 128 Å². The predicted molar refractivity (Wildman–Crippen MR) is 82.5 cm³/mol. The van der Waals surface area contributed by atoms with Crippen LogP contribution in [0.5, 0.6) is 0 Å². The average Bonchev–Trinajstić information content (AvgIpc) is 3.09. The van der Waals surface area contributed by atoms with Crippen molar-refractivity contribution in [2.75, 3.05) is 0 Å². The van der Waals surface area contributed by atoms with Crippen molar-refractivity contribution in [2.24, 2.45) is 17.8 Å². The molecule has 0 spiro atoms. The summed E-state index contributed by atoms with van der Waals surface area (Å²) in [5.74, 6) is 2.23. The van der Waals surface area contributed by atoms with Gasteiger partial charge in [-0.3, -0.25) is 14.6 Å². The van der Waals surface area contributed by atoms with Gasteiger partial charge in [0.25, 0.3) is 5.56 Å². The number of nitrogens with one attached hydrogen (secondary N) is 2. The number of amides is 1. The molecule has 2 saturated carbocycles. The zero-order valence-corrected chi connectivity index (χ0v) is 12.9. The number of fused-ring (bicyclic) bond motifs is 2. The van der Waals surface area contributed by atoms with Crippen LogP contribution in [-0.4, -0.2) is 21.5 Å². The third-order valence-electron chi connectivity index (χ3n) is 5.30. The molecule has 0 radical (unpaired) electrons. The van der Waals surface area contributed by atoms with Crippen molar-refractivity contribution in [3.63, 3.8) is 0 Å². The summed E-state index contributed by atoms with van der Waals surface area (Å²) in [5, 5.41) is 3.08. The molecule has 3 rings (SSSR count). The van der Waals surface area contributed by atoms with E-state index in [9.17, 15) is 14.4 Å². The maximum absolute atomic E-state index is 12.1. The van der Waals surface area contributed by atoms with Gasteiger partial charge in [0.15, 0.2) is 0 Å². The molecule has 0 unspecified atom stereocenters. The van der Waals surface area contributed by atoms with Gasteiger partial charge in [-0.15, -0.1) is 0 Å². The van der Waals surface area contributed by atoms with E-state index in [1.807, 2.05) is 0 Å². The average molecular weight is 305 g/mol. The predicted octanol–water partition coefficient (Wildman–Crippen LogP) is 0.868. The number of carbonyl (C=O) groups is 1. The van der Waals surface area contributed by atoms with E-state index in [2.05, 4.69) is 17.2 Å². The standard InChI is InChI=1S/C16H23N3O3/c1-10(13-9-11-2-3-12(13)8-11)17-14(20)4-6-19-7-5-15(21)18-16(19)22/h5,7,10-13H,2-4,6,8-9H2,1H3,(H,17,20)(H,18,21,22)/t10-,11+,12+,13-/m1/s1. The normalized spacial score (nSPS) is 27.8. The van der Waals surface area contributed by atoms with Crippen molar-refractivity contribution >= 4 is 5.91 Å². The van der Waals surface area contributed by atoms with Gasteiger partial charge in [-0.1, -0.05) is 6.42 Å². The quantitative estimate of drug-likeness (QED) is 0.846. The number of hydrogen-bond donors (Lipinski definition) is 2. The minimum Gasteiger partial charge on any atom is -0.353 e. The minimum atomic E-state index is -0.471. The zero-order chi connectivity index (χ0) is 15.7. The highest BCUT2D eigenvalue weighted by molar-refractivity contribution is 5.76. The van der Waals surface area contributed by atoms with E-state index < -0.39 is 11.2 Å². The lowest BCUT2D eigenvalue weighted by Gasteiger charge is -2.28. The van der Waals surface area contributed by atoms with Crippen molar-refractivity contribution in [1.82, 2.24) is 14.9 Å². The van der Waals surface area contributed by atoms with Crippen molar-refractivity contribution in [3.05, 3.63) is 33.1 Å². The molecule has 0 aromatic carbocycles. The number of rotatable bonds is 5. The first-order valence-electron chi connectivity index (χ1n) is 8.12. The molecule has 2 N–H and O–H groups in total. The highest BCUT2D eigenvalue weighted by atomic mass is 16.2. The molecule has 2 aliphatic carbocycles. The fourth-order valence-corrected chi connectivity index (χ4v) is 4.18. The minimum absolute atomic E-state index is 0.0339. The molecule has 1 heterocycles. The Hall–Kier alpha value is -1.85. The third kappa shape index (κ3) is 3.15. The van der Waals surface area contributed by atoms with Crippen LogP contribution in [0.15, 0.2) is 21.9 Å². The van der Waals surface area contributed by atoms with Crippen LogP contribution in [0.2, 0.25) is 0 Å².